The van der Waals surface area contributed by atoms with Gasteiger partial charge in [0.1, 0.15) is 60.4 Å². The summed E-state index contributed by atoms with van der Waals surface area (Å²) in [6.45, 7) is 5.24. The summed E-state index contributed by atoms with van der Waals surface area (Å²) in [6, 6.07) is -14.8. The van der Waals surface area contributed by atoms with Crippen molar-refractivity contribution in [3.8, 4) is 0 Å². The van der Waals surface area contributed by atoms with Gasteiger partial charge in [-0.25, -0.2) is 4.79 Å². The van der Waals surface area contributed by atoms with E-state index in [9.17, 15) is 92.0 Å². The fourth-order valence-electron chi connectivity index (χ4n) is 10.8. The van der Waals surface area contributed by atoms with Crippen LogP contribution in [0.2, 0.25) is 0 Å². The number of nitrogens with one attached hydrogen (secondary N) is 11. The van der Waals surface area contributed by atoms with Gasteiger partial charge in [0.2, 0.25) is 82.7 Å². The van der Waals surface area contributed by atoms with Gasteiger partial charge >= 0.3 is 11.9 Å². The van der Waals surface area contributed by atoms with Crippen LogP contribution in [0.25, 0.3) is 0 Å². The van der Waals surface area contributed by atoms with Crippen molar-refractivity contribution in [2.75, 3.05) is 59.0 Å². The molecule has 0 spiro atoms. The van der Waals surface area contributed by atoms with E-state index in [0.717, 1.165) is 9.80 Å². The number of rotatable bonds is 47. The Kier molecular flexibility index (Phi) is 39.4. The lowest BCUT2D eigenvalue weighted by atomic mass is 10.0. The number of unbranched alkanes of at least 4 members (excludes halogenated alkanes) is 1. The predicted molar refractivity (Wildman–Crippen MR) is 365 cm³/mol. The standard InChI is InChI=1S/C61H106N22O19/c1-31(2)26-39(79-49(91)34(63)12-6-7-21-62)51(93)73-29-46(88)81-48(32(3)4)56(98)77-37(13-8-22-69-60(65)66)58(100)83-25-11-16-42(83)55(97)80-40(30-84)53(95)76-35(17-19-43(64)85)50(92)72-27-44(86)71-28-45(87)75-36(18-20-47(89)90)52(94)74-33(5)57(99)82-24-10-15-41(82)54(96)78-38(59(101)102)14-9-23-70-61(67)68/h31-42,48,84H,6-30,62-63H2,1-5H3,(H2,64,85)(H,71,86)(H,72,92)(H,73,93)(H,74,94)(H,75,87)(H,76,95)(H,77,98)(H,78,96)(H,79,91)(H,80,97)(H,81,88)(H,89,90)(H,101,102)(H4,65,66,69)(H4,67,68,70)/t33-,34-,35-,36-,37-,38-,39-,40-,41-,42-,48-/m0/s1. The SMILES string of the molecule is CC(C)C[C@H](NC(=O)[C@@H](N)CCCCN)C(=O)NCC(=O)N[C@H](C(=O)N[C@@H](CCCN=C(N)N)C(=O)N1CCC[C@H]1C(=O)N[C@@H](CO)C(=O)N[C@@H](CCC(N)=O)C(=O)NCC(=O)NCC(=O)N[C@@H](CCC(=O)O)C(=O)N[C@@H](C)C(=O)N1CCC[C@H]1C(=O)N[C@@H](CCCN=C(N)N)C(=O)O)C(C)C. The molecule has 28 N–H and O–H groups in total. The third kappa shape index (κ3) is 32.5. The third-order valence-electron chi connectivity index (χ3n) is 16.2. The highest BCUT2D eigenvalue weighted by Crippen LogP contribution is 2.22. The Morgan fingerprint density at radius 1 is 0.480 bits per heavy atom. The zero-order chi connectivity index (χ0) is 76.9. The second-order valence-corrected chi connectivity index (χ2v) is 25.4. The van der Waals surface area contributed by atoms with E-state index >= 15 is 0 Å². The number of carboxylic acids is 2. The summed E-state index contributed by atoms with van der Waals surface area (Å²) in [7, 11) is 0. The van der Waals surface area contributed by atoms with Crippen molar-refractivity contribution in [2.24, 2.45) is 62.0 Å². The number of carbonyl (C=O) groups excluding carboxylic acids is 14. The molecule has 0 aromatic rings. The minimum Gasteiger partial charge on any atom is -0.481 e. The number of nitrogens with two attached hydrogens (primary N) is 7. The Bertz CT molecular complexity index is 2980. The molecule has 0 bridgehead atoms. The number of aliphatic hydroxyl groups excluding tert-OH is 1. The van der Waals surface area contributed by atoms with E-state index in [1.807, 2.05) is 13.8 Å². The predicted octanol–water partition coefficient (Wildman–Crippen LogP) is -9.31. The Labute approximate surface area is 589 Å². The summed E-state index contributed by atoms with van der Waals surface area (Å²) in [5.41, 5.74) is 38.5. The van der Waals surface area contributed by atoms with Crippen molar-refractivity contribution in [1.29, 1.82) is 0 Å². The zero-order valence-corrected chi connectivity index (χ0v) is 58.4. The number of aliphatic carboxylic acids is 2. The number of nitrogens with zero attached hydrogens (tertiary/aromatic N) is 4. The summed E-state index contributed by atoms with van der Waals surface area (Å²) in [5, 5.41) is 55.9. The number of aliphatic hydroxyl groups is 1. The van der Waals surface area contributed by atoms with Crippen molar-refractivity contribution < 1.29 is 92.0 Å². The molecule has 2 saturated heterocycles. The average Bonchev–Trinajstić information content (AvgIpc) is 1.61. The lowest BCUT2D eigenvalue weighted by molar-refractivity contribution is -0.145. The Hall–Kier alpha value is -10.1. The van der Waals surface area contributed by atoms with Crippen LogP contribution in [0.15, 0.2) is 9.98 Å². The van der Waals surface area contributed by atoms with E-state index in [1.54, 1.807) is 13.8 Å². The van der Waals surface area contributed by atoms with Gasteiger partial charge in [-0.3, -0.25) is 81.9 Å². The zero-order valence-electron chi connectivity index (χ0n) is 58.4. The lowest BCUT2D eigenvalue weighted by Gasteiger charge is -2.31. The maximum atomic E-state index is 14.5. The van der Waals surface area contributed by atoms with Gasteiger partial charge in [0, 0.05) is 39.0 Å². The Morgan fingerprint density at radius 3 is 1.48 bits per heavy atom. The molecular formula is C61H106N22O19. The average molecular weight is 1450 g/mol. The van der Waals surface area contributed by atoms with Gasteiger partial charge in [-0.2, -0.15) is 0 Å². The van der Waals surface area contributed by atoms with Gasteiger partial charge in [0.15, 0.2) is 11.9 Å². The molecule has 0 aromatic carbocycles. The highest BCUT2D eigenvalue weighted by molar-refractivity contribution is 5.99. The summed E-state index contributed by atoms with van der Waals surface area (Å²) >= 11 is 0. The van der Waals surface area contributed by atoms with E-state index in [1.165, 1.54) is 6.92 Å². The molecule has 574 valence electrons. The summed E-state index contributed by atoms with van der Waals surface area (Å²) in [4.78, 5) is 221. The molecular weight excluding hydrogens is 1340 g/mol. The maximum Gasteiger partial charge on any atom is 0.326 e. The number of hydrogen-bond donors (Lipinski definition) is 21. The first-order chi connectivity index (χ1) is 48.0. The molecule has 0 unspecified atom stereocenters. The molecule has 2 aliphatic heterocycles. The Morgan fingerprint density at radius 2 is 0.961 bits per heavy atom. The highest BCUT2D eigenvalue weighted by Gasteiger charge is 2.42. The van der Waals surface area contributed by atoms with Crippen molar-refractivity contribution >= 4 is 107 Å². The minimum atomic E-state index is -1.81. The van der Waals surface area contributed by atoms with Crippen LogP contribution in [0, 0.1) is 11.8 Å². The van der Waals surface area contributed by atoms with Crippen molar-refractivity contribution in [1.82, 2.24) is 68.3 Å². The first kappa shape index (κ1) is 88.0. The van der Waals surface area contributed by atoms with Gasteiger partial charge in [0.25, 0.3) is 0 Å². The van der Waals surface area contributed by atoms with Crippen LogP contribution >= 0.6 is 0 Å². The molecule has 102 heavy (non-hydrogen) atoms. The largest absolute Gasteiger partial charge is 0.481 e. The number of carbonyl (C=O) groups is 16. The molecule has 0 aromatic heterocycles. The molecule has 2 fully saturated rings. The third-order valence-corrected chi connectivity index (χ3v) is 16.2. The smallest absolute Gasteiger partial charge is 0.326 e. The molecule has 11 atom stereocenters. The van der Waals surface area contributed by atoms with Crippen LogP contribution < -0.4 is 98.6 Å². The number of guanidine groups is 2. The molecule has 2 heterocycles. The van der Waals surface area contributed by atoms with Gasteiger partial charge in [0.05, 0.1) is 32.3 Å². The van der Waals surface area contributed by atoms with Crippen LogP contribution in [0.3, 0.4) is 0 Å². The fraction of sp³-hybridized carbons (Fsp3) is 0.705. The van der Waals surface area contributed by atoms with Gasteiger partial charge in [-0.15, -0.1) is 0 Å². The number of carboxylic acid groups (broad SMARTS) is 2. The molecule has 0 saturated carbocycles. The molecule has 41 nitrogen and oxygen atoms in total. The van der Waals surface area contributed by atoms with E-state index in [-0.39, 0.29) is 95.4 Å². The first-order valence-corrected chi connectivity index (χ1v) is 33.8. The van der Waals surface area contributed by atoms with Gasteiger partial charge < -0.3 is 124 Å². The fourth-order valence-corrected chi connectivity index (χ4v) is 10.8. The van der Waals surface area contributed by atoms with Crippen LogP contribution in [0.1, 0.15) is 137 Å². The highest BCUT2D eigenvalue weighted by atomic mass is 16.4. The number of hydrogen-bond acceptors (Lipinski definition) is 21. The summed E-state index contributed by atoms with van der Waals surface area (Å²) in [5.74, 6) is -16.3. The molecule has 0 radical (unpaired) electrons. The van der Waals surface area contributed by atoms with E-state index < -0.39 is 219 Å². The molecule has 41 heteroatoms. The molecule has 2 aliphatic rings. The number of primary amides is 1. The van der Waals surface area contributed by atoms with E-state index in [4.69, 9.17) is 40.1 Å². The lowest BCUT2D eigenvalue weighted by Crippen LogP contribution is -2.60. The second-order valence-electron chi connectivity index (χ2n) is 25.4. The van der Waals surface area contributed by atoms with Crippen molar-refractivity contribution in [2.45, 2.75) is 204 Å². The topological polar surface area (TPSA) is 679 Å². The molecule has 0 aliphatic carbocycles. The minimum absolute atomic E-state index is 0.00495. The summed E-state index contributed by atoms with van der Waals surface area (Å²) in [6.07, 6.45) is 0.568. The Balaban J connectivity index is 2.15. The quantitative estimate of drug-likeness (QED) is 0.0153. The second kappa shape index (κ2) is 45.7. The first-order valence-electron chi connectivity index (χ1n) is 33.8. The van der Waals surface area contributed by atoms with Crippen LogP contribution in [-0.4, -0.2) is 257 Å². The van der Waals surface area contributed by atoms with Crippen LogP contribution in [-0.2, 0) is 76.7 Å². The van der Waals surface area contributed by atoms with E-state index in [0.29, 0.717) is 32.2 Å². The van der Waals surface area contributed by atoms with Gasteiger partial charge in [-0.05, 0) is 109 Å². The van der Waals surface area contributed by atoms with Gasteiger partial charge in [-0.1, -0.05) is 34.1 Å². The number of aliphatic imine (C=N–C) groups is 2. The van der Waals surface area contributed by atoms with Crippen LogP contribution in [0.4, 0.5) is 0 Å². The van der Waals surface area contributed by atoms with Crippen molar-refractivity contribution in [3.05, 3.63) is 0 Å². The molecule has 14 amide bonds. The normalized spacial score (nSPS) is 16.6. The maximum absolute atomic E-state index is 14.5. The van der Waals surface area contributed by atoms with E-state index in [2.05, 4.69) is 68.5 Å². The summed E-state index contributed by atoms with van der Waals surface area (Å²) < 4.78 is 0. The monoisotopic (exact) mass is 1450 g/mol. The number of likely N-dealkylation sites (tertiary alicyclic amines) is 2. The molecule has 2 rings (SSSR count). The van der Waals surface area contributed by atoms with Crippen molar-refractivity contribution in [3.63, 3.8) is 0 Å². The number of amides is 14. The van der Waals surface area contributed by atoms with Crippen LogP contribution in [0.5, 0.6) is 0 Å².